The molecule has 2 nitrogen and oxygen atoms in total. The highest BCUT2D eigenvalue weighted by atomic mass is 16.6. The van der Waals surface area contributed by atoms with E-state index in [0.29, 0.717) is 6.61 Å². The second-order valence-electron chi connectivity index (χ2n) is 5.07. The third-order valence-electron chi connectivity index (χ3n) is 3.12. The fourth-order valence-corrected chi connectivity index (χ4v) is 1.73. The van der Waals surface area contributed by atoms with Crippen LogP contribution in [-0.2, 0) is 4.74 Å². The maximum absolute atomic E-state index is 5.73. The van der Waals surface area contributed by atoms with Crippen molar-refractivity contribution in [1.29, 1.82) is 0 Å². The molecule has 0 saturated carbocycles. The molecule has 0 aliphatic carbocycles. The minimum Gasteiger partial charge on any atom is -0.490 e. The van der Waals surface area contributed by atoms with Gasteiger partial charge < -0.3 is 9.47 Å². The van der Waals surface area contributed by atoms with Gasteiger partial charge in [0.1, 0.15) is 18.5 Å². The van der Waals surface area contributed by atoms with E-state index in [4.69, 9.17) is 9.47 Å². The molecule has 0 spiro atoms. The fraction of sp³-hybridized carbons (Fsp3) is 0.200. The molecular weight excluding hydrogens is 332 g/mol. The van der Waals surface area contributed by atoms with Crippen LogP contribution in [0.2, 0.25) is 0 Å². The zero-order chi connectivity index (χ0) is 19.2. The number of benzene rings is 1. The fourth-order valence-electron chi connectivity index (χ4n) is 1.73. The first-order chi connectivity index (χ1) is 13.3. The van der Waals surface area contributed by atoms with Crippen molar-refractivity contribution in [3.05, 3.63) is 29.3 Å². The average molecular weight is 346 g/mol. The molecule has 1 atom stereocenters. The van der Waals surface area contributed by atoms with Crippen LogP contribution in [0.5, 0.6) is 5.75 Å². The molecule has 2 heteroatoms. The van der Waals surface area contributed by atoms with E-state index in [-0.39, 0.29) is 6.10 Å². The van der Waals surface area contributed by atoms with Crippen LogP contribution >= 0.6 is 0 Å². The molecule has 0 amide bonds. The minimum atomic E-state index is 0.223. The lowest BCUT2D eigenvalue weighted by molar-refractivity contribution is 0.261. The van der Waals surface area contributed by atoms with Crippen molar-refractivity contribution in [2.24, 2.45) is 0 Å². The highest BCUT2D eigenvalue weighted by Gasteiger charge is 2.23. The number of epoxide rings is 1. The average Bonchev–Trinajstić information content (AvgIpc) is 3.50. The molecule has 1 aromatic carbocycles. The smallest absolute Gasteiger partial charge is 0.123 e. The Morgan fingerprint density at radius 3 is 2.00 bits per heavy atom. The Balaban J connectivity index is 1.90. The molecule has 126 valence electrons. The normalized spacial score (nSPS) is 11.7. The van der Waals surface area contributed by atoms with E-state index in [1.54, 1.807) is 6.92 Å². The van der Waals surface area contributed by atoms with E-state index < -0.39 is 0 Å². The molecule has 1 unspecified atom stereocenters. The molecule has 27 heavy (non-hydrogen) atoms. The van der Waals surface area contributed by atoms with Gasteiger partial charge in [-0.05, 0) is 97.0 Å². The van der Waals surface area contributed by atoms with E-state index in [0.717, 1.165) is 23.5 Å². The van der Waals surface area contributed by atoms with Crippen molar-refractivity contribution in [3.63, 3.8) is 0 Å². The molecule has 0 N–H and O–H groups in total. The highest BCUT2D eigenvalue weighted by Crippen LogP contribution is 2.22. The third-order valence-corrected chi connectivity index (χ3v) is 3.12. The van der Waals surface area contributed by atoms with Gasteiger partial charge in [-0.2, -0.15) is 0 Å². The lowest BCUT2D eigenvalue weighted by Crippen LogP contribution is -2.05. The molecule has 0 aromatic heterocycles. The summed E-state index contributed by atoms with van der Waals surface area (Å²) in [4.78, 5) is 0. The van der Waals surface area contributed by atoms with Crippen LogP contribution in [0.4, 0.5) is 0 Å². The first-order valence-electron chi connectivity index (χ1n) is 8.08. The second-order valence-corrected chi connectivity index (χ2v) is 5.07. The standard InChI is InChI=1S/C25H14O2/c1-3-4-5-6-7-8-9-10-11-12-13-14-15-17-23-18-16-19-25(22(23)2)27-21-24-20-26-24/h16,18-19,24H,20-21H2,1-2H3. The number of ether oxygens (including phenoxy) is 2. The number of hydrogen-bond donors (Lipinski definition) is 0. The second kappa shape index (κ2) is 11.5. The summed E-state index contributed by atoms with van der Waals surface area (Å²) in [6.45, 7) is 5.02. The Morgan fingerprint density at radius 1 is 0.889 bits per heavy atom. The summed E-state index contributed by atoms with van der Waals surface area (Å²) in [5, 5.41) is 0. The van der Waals surface area contributed by atoms with Crippen molar-refractivity contribution in [1.82, 2.24) is 0 Å². The summed E-state index contributed by atoms with van der Waals surface area (Å²) in [6.07, 6.45) is 0.223. The SMILES string of the molecule is CC#CC#CC#CC#CC#CC#CC#Cc1cccc(OCC2CO2)c1C. The Bertz CT molecular complexity index is 1130. The van der Waals surface area contributed by atoms with E-state index in [9.17, 15) is 0 Å². The van der Waals surface area contributed by atoms with Crippen molar-refractivity contribution in [2.45, 2.75) is 20.0 Å². The zero-order valence-corrected chi connectivity index (χ0v) is 15.0. The van der Waals surface area contributed by atoms with Gasteiger partial charge in [-0.15, -0.1) is 0 Å². The summed E-state index contributed by atoms with van der Waals surface area (Å²) in [7, 11) is 0. The molecular formula is C25H14O2. The summed E-state index contributed by atoms with van der Waals surface area (Å²) in [5.41, 5.74) is 1.85. The van der Waals surface area contributed by atoms with Gasteiger partial charge >= 0.3 is 0 Å². The highest BCUT2D eigenvalue weighted by molar-refractivity contribution is 5.51. The largest absolute Gasteiger partial charge is 0.490 e. The maximum Gasteiger partial charge on any atom is 0.123 e. The van der Waals surface area contributed by atoms with Gasteiger partial charge in [0.2, 0.25) is 0 Å². The van der Waals surface area contributed by atoms with E-state index >= 15 is 0 Å². The molecule has 0 radical (unpaired) electrons. The van der Waals surface area contributed by atoms with Gasteiger partial charge in [0.25, 0.3) is 0 Å². The molecule has 1 saturated heterocycles. The van der Waals surface area contributed by atoms with Crippen LogP contribution in [0.3, 0.4) is 0 Å². The van der Waals surface area contributed by atoms with Crippen molar-refractivity contribution in [2.75, 3.05) is 13.2 Å². The Kier molecular flexibility index (Phi) is 8.16. The lowest BCUT2D eigenvalue weighted by atomic mass is 10.1. The first-order valence-corrected chi connectivity index (χ1v) is 8.08. The Labute approximate surface area is 161 Å². The van der Waals surface area contributed by atoms with Crippen LogP contribution in [0.1, 0.15) is 18.1 Å². The summed E-state index contributed by atoms with van der Waals surface area (Å²) in [5.74, 6) is 37.6. The predicted octanol–water partition coefficient (Wildman–Crippen LogP) is 2.16. The van der Waals surface area contributed by atoms with E-state index in [1.165, 1.54) is 0 Å². The van der Waals surface area contributed by atoms with Gasteiger partial charge in [0.15, 0.2) is 0 Å². The Hall–Kier alpha value is -4.10. The van der Waals surface area contributed by atoms with Crippen LogP contribution in [0.15, 0.2) is 18.2 Å². The summed E-state index contributed by atoms with van der Waals surface area (Å²) >= 11 is 0. The minimum absolute atomic E-state index is 0.223. The lowest BCUT2D eigenvalue weighted by Gasteiger charge is -2.08. The van der Waals surface area contributed by atoms with Crippen molar-refractivity contribution < 1.29 is 9.47 Å². The van der Waals surface area contributed by atoms with E-state index in [2.05, 4.69) is 82.9 Å². The number of hydrogen-bond acceptors (Lipinski definition) is 2. The third kappa shape index (κ3) is 8.01. The zero-order valence-electron chi connectivity index (χ0n) is 15.0. The van der Waals surface area contributed by atoms with Crippen LogP contribution in [-0.4, -0.2) is 19.3 Å². The van der Waals surface area contributed by atoms with Gasteiger partial charge in [-0.25, -0.2) is 0 Å². The summed E-state index contributed by atoms with van der Waals surface area (Å²) in [6, 6.07) is 5.75. The van der Waals surface area contributed by atoms with Crippen molar-refractivity contribution >= 4 is 0 Å². The van der Waals surface area contributed by atoms with Gasteiger partial charge in [0, 0.05) is 11.1 Å². The van der Waals surface area contributed by atoms with Gasteiger partial charge in [0.05, 0.1) is 6.61 Å². The van der Waals surface area contributed by atoms with E-state index in [1.807, 2.05) is 25.1 Å². The predicted molar refractivity (Wildman–Crippen MR) is 106 cm³/mol. The molecule has 1 heterocycles. The van der Waals surface area contributed by atoms with Crippen LogP contribution in [0, 0.1) is 89.8 Å². The topological polar surface area (TPSA) is 21.8 Å². The van der Waals surface area contributed by atoms with Crippen LogP contribution in [0.25, 0.3) is 0 Å². The molecule has 1 aliphatic heterocycles. The Morgan fingerprint density at radius 2 is 1.44 bits per heavy atom. The van der Waals surface area contributed by atoms with Crippen LogP contribution < -0.4 is 4.74 Å². The quantitative estimate of drug-likeness (QED) is 0.618. The molecule has 2 rings (SSSR count). The summed E-state index contributed by atoms with van der Waals surface area (Å²) < 4.78 is 10.9. The monoisotopic (exact) mass is 346 g/mol. The maximum atomic E-state index is 5.73. The van der Waals surface area contributed by atoms with Crippen molar-refractivity contribution in [3.8, 4) is 88.6 Å². The molecule has 1 aliphatic rings. The molecule has 1 aromatic rings. The van der Waals surface area contributed by atoms with Gasteiger partial charge in [-0.1, -0.05) is 17.9 Å². The number of rotatable bonds is 3. The van der Waals surface area contributed by atoms with Gasteiger partial charge in [-0.3, -0.25) is 0 Å². The molecule has 1 fully saturated rings. The molecule has 0 bridgehead atoms. The first kappa shape index (κ1) is 19.2.